The van der Waals surface area contributed by atoms with Gasteiger partial charge in [-0.15, -0.1) is 0 Å². The highest BCUT2D eigenvalue weighted by Gasteiger charge is 2.40. The first kappa shape index (κ1) is 26.3. The molecule has 4 aromatic rings. The van der Waals surface area contributed by atoms with E-state index in [-0.39, 0.29) is 11.3 Å². The van der Waals surface area contributed by atoms with Gasteiger partial charge in [0.2, 0.25) is 5.91 Å². The van der Waals surface area contributed by atoms with E-state index in [1.807, 2.05) is 30.3 Å². The molecule has 0 spiro atoms. The van der Waals surface area contributed by atoms with E-state index in [9.17, 15) is 4.79 Å². The molecule has 2 aromatic heterocycles. The summed E-state index contributed by atoms with van der Waals surface area (Å²) < 4.78 is 2.60. The van der Waals surface area contributed by atoms with Gasteiger partial charge in [0.05, 0.1) is 16.4 Å². The van der Waals surface area contributed by atoms with Crippen molar-refractivity contribution >= 4 is 44.9 Å². The number of benzene rings is 2. The monoisotopic (exact) mass is 605 g/mol. The van der Waals surface area contributed by atoms with Gasteiger partial charge in [-0.3, -0.25) is 4.79 Å². The van der Waals surface area contributed by atoms with Crippen LogP contribution in [0.2, 0.25) is 5.02 Å². The lowest BCUT2D eigenvalue weighted by Gasteiger charge is -2.45. The fraction of sp³-hybridized carbons (Fsp3) is 0.387. The highest BCUT2D eigenvalue weighted by atomic mass is 79.9. The molecule has 2 bridgehead atoms. The molecule has 0 radical (unpaired) electrons. The zero-order valence-electron chi connectivity index (χ0n) is 21.9. The summed E-state index contributed by atoms with van der Waals surface area (Å²) in [6.07, 6.45) is 11.4. The molecule has 1 amide bonds. The maximum Gasteiger partial charge on any atom is 0.220 e. The van der Waals surface area contributed by atoms with E-state index in [0.717, 1.165) is 44.2 Å². The number of halogens is 2. The van der Waals surface area contributed by atoms with Crippen LogP contribution in [0.3, 0.4) is 0 Å². The number of fused-ring (bicyclic) bond motifs is 3. The molecule has 0 unspecified atom stereocenters. The van der Waals surface area contributed by atoms with E-state index < -0.39 is 0 Å². The van der Waals surface area contributed by atoms with Crippen molar-refractivity contribution in [2.45, 2.75) is 64.5 Å². The predicted molar refractivity (Wildman–Crippen MR) is 160 cm³/mol. The van der Waals surface area contributed by atoms with E-state index in [2.05, 4.69) is 55.9 Å². The molecule has 0 aliphatic heterocycles. The van der Waals surface area contributed by atoms with Gasteiger partial charge >= 0.3 is 0 Å². The van der Waals surface area contributed by atoms with Crippen molar-refractivity contribution < 1.29 is 4.79 Å². The summed E-state index contributed by atoms with van der Waals surface area (Å²) in [5, 5.41) is 11.8. The highest BCUT2D eigenvalue weighted by molar-refractivity contribution is 9.10. The van der Waals surface area contributed by atoms with Crippen LogP contribution in [-0.2, 0) is 17.9 Å². The molecule has 2 fully saturated rings. The van der Waals surface area contributed by atoms with Gasteiger partial charge in [-0.1, -0.05) is 79.7 Å². The van der Waals surface area contributed by atoms with Gasteiger partial charge in [0.25, 0.3) is 0 Å². The Morgan fingerprint density at radius 1 is 1.05 bits per heavy atom. The van der Waals surface area contributed by atoms with Gasteiger partial charge in [0.15, 0.2) is 5.65 Å². The smallest absolute Gasteiger partial charge is 0.220 e. The average molecular weight is 607 g/mol. The first-order valence-corrected chi connectivity index (χ1v) is 15.0. The number of carbonyl (C=O) groups is 1. The van der Waals surface area contributed by atoms with Gasteiger partial charge < -0.3 is 10.6 Å². The SMILES string of the molecule is O=C(CC12CCCC(CCC1)C2)NCc1ccc(CNc2cc(-c3ccccc3Cl)nc3c(Br)cnn23)cc1. The number of rotatable bonds is 8. The lowest BCUT2D eigenvalue weighted by molar-refractivity contribution is -0.125. The zero-order chi connectivity index (χ0) is 26.8. The Morgan fingerprint density at radius 3 is 2.51 bits per heavy atom. The number of hydrogen-bond acceptors (Lipinski definition) is 4. The van der Waals surface area contributed by atoms with Crippen LogP contribution in [0.4, 0.5) is 5.82 Å². The minimum atomic E-state index is 0.199. The van der Waals surface area contributed by atoms with Crippen LogP contribution in [0, 0.1) is 11.3 Å². The number of amides is 1. The van der Waals surface area contributed by atoms with Crippen molar-refractivity contribution in [3.05, 3.63) is 81.4 Å². The third-order valence-electron chi connectivity index (χ3n) is 8.46. The molecule has 2 saturated carbocycles. The molecule has 2 aliphatic rings. The molecule has 0 saturated heterocycles. The van der Waals surface area contributed by atoms with Crippen molar-refractivity contribution in [1.29, 1.82) is 0 Å². The number of hydrogen-bond donors (Lipinski definition) is 2. The van der Waals surface area contributed by atoms with E-state index >= 15 is 0 Å². The molecular formula is C31H33BrClN5O. The molecule has 202 valence electrons. The number of nitrogens with one attached hydrogen (secondary N) is 2. The molecule has 2 heterocycles. The van der Waals surface area contributed by atoms with Crippen LogP contribution in [0.5, 0.6) is 0 Å². The number of anilines is 1. The summed E-state index contributed by atoms with van der Waals surface area (Å²) in [6.45, 7) is 1.19. The van der Waals surface area contributed by atoms with E-state index in [1.165, 1.54) is 44.9 Å². The molecule has 2 aromatic carbocycles. The van der Waals surface area contributed by atoms with Crippen LogP contribution in [0.1, 0.15) is 62.5 Å². The van der Waals surface area contributed by atoms with Gasteiger partial charge in [-0.25, -0.2) is 4.98 Å². The van der Waals surface area contributed by atoms with Crippen molar-refractivity contribution in [3.8, 4) is 11.3 Å². The predicted octanol–water partition coefficient (Wildman–Crippen LogP) is 7.79. The summed E-state index contributed by atoms with van der Waals surface area (Å²) >= 11 is 10.0. The summed E-state index contributed by atoms with van der Waals surface area (Å²) in [7, 11) is 0. The number of aromatic nitrogens is 3. The normalized spacial score (nSPS) is 20.6. The molecule has 2 N–H and O–H groups in total. The van der Waals surface area contributed by atoms with Crippen LogP contribution in [0.15, 0.2) is 65.3 Å². The van der Waals surface area contributed by atoms with Crippen LogP contribution in [-0.4, -0.2) is 20.5 Å². The van der Waals surface area contributed by atoms with Crippen molar-refractivity contribution in [2.75, 3.05) is 5.32 Å². The van der Waals surface area contributed by atoms with Crippen molar-refractivity contribution in [3.63, 3.8) is 0 Å². The largest absolute Gasteiger partial charge is 0.366 e. The Hall–Kier alpha value is -2.90. The van der Waals surface area contributed by atoms with Gasteiger partial charge in [-0.2, -0.15) is 9.61 Å². The third kappa shape index (κ3) is 5.85. The van der Waals surface area contributed by atoms with Crippen molar-refractivity contribution in [1.82, 2.24) is 19.9 Å². The maximum absolute atomic E-state index is 12.8. The van der Waals surface area contributed by atoms with E-state index in [0.29, 0.717) is 24.5 Å². The summed E-state index contributed by atoms with van der Waals surface area (Å²) in [6, 6.07) is 18.1. The second kappa shape index (κ2) is 11.3. The van der Waals surface area contributed by atoms with E-state index in [4.69, 9.17) is 16.6 Å². The summed E-state index contributed by atoms with van der Waals surface area (Å²) in [4.78, 5) is 17.6. The van der Waals surface area contributed by atoms with E-state index in [1.54, 1.807) is 10.7 Å². The Morgan fingerprint density at radius 2 is 1.77 bits per heavy atom. The Kier molecular flexibility index (Phi) is 7.63. The first-order valence-electron chi connectivity index (χ1n) is 13.9. The fourth-order valence-corrected chi connectivity index (χ4v) is 7.09. The molecule has 0 atom stereocenters. The molecule has 6 nitrogen and oxygen atoms in total. The molecule has 6 rings (SSSR count). The van der Waals surface area contributed by atoms with Crippen LogP contribution in [0.25, 0.3) is 16.9 Å². The molecule has 39 heavy (non-hydrogen) atoms. The van der Waals surface area contributed by atoms with Gasteiger partial charge in [-0.05, 0) is 63.7 Å². The topological polar surface area (TPSA) is 71.3 Å². The van der Waals surface area contributed by atoms with Crippen LogP contribution < -0.4 is 10.6 Å². The Balaban J connectivity index is 1.09. The lowest BCUT2D eigenvalue weighted by Crippen LogP contribution is -2.37. The van der Waals surface area contributed by atoms with Gasteiger partial charge in [0, 0.05) is 36.2 Å². The van der Waals surface area contributed by atoms with Gasteiger partial charge in [0.1, 0.15) is 5.82 Å². The Bertz CT molecular complexity index is 1470. The third-order valence-corrected chi connectivity index (χ3v) is 9.35. The minimum absolute atomic E-state index is 0.199. The quantitative estimate of drug-likeness (QED) is 0.215. The van der Waals surface area contributed by atoms with Crippen molar-refractivity contribution in [2.24, 2.45) is 11.3 Å². The molecule has 8 heteroatoms. The lowest BCUT2D eigenvalue weighted by atomic mass is 9.60. The Labute approximate surface area is 242 Å². The standard InChI is InChI=1S/C31H33BrClN5O/c32-25-20-36-38-28(15-27(37-30(25)38)24-7-1-2-8-26(24)33)34-18-22-9-11-23(12-10-22)19-35-29(39)17-31-13-3-5-21(16-31)6-4-14-31/h1-2,7-12,15,20-21,34H,3-6,13-14,16-19H2,(H,35,39). The minimum Gasteiger partial charge on any atom is -0.366 e. The second-order valence-electron chi connectivity index (χ2n) is 11.2. The molecule has 2 aliphatic carbocycles. The fourth-order valence-electron chi connectivity index (χ4n) is 6.51. The summed E-state index contributed by atoms with van der Waals surface area (Å²) in [5.74, 6) is 1.87. The summed E-state index contributed by atoms with van der Waals surface area (Å²) in [5.41, 5.74) is 4.87. The first-order chi connectivity index (χ1) is 19.0. The zero-order valence-corrected chi connectivity index (χ0v) is 24.3. The second-order valence-corrected chi connectivity index (χ2v) is 12.5. The average Bonchev–Trinajstić information content (AvgIpc) is 3.32. The van der Waals surface area contributed by atoms with Crippen LogP contribution >= 0.6 is 27.5 Å². The molecular weight excluding hydrogens is 574 g/mol. The maximum atomic E-state index is 12.8. The number of nitrogens with zero attached hydrogens (tertiary/aromatic N) is 3. The highest BCUT2D eigenvalue weighted by Crippen LogP contribution is 2.50. The number of carbonyl (C=O) groups excluding carboxylic acids is 1.